The highest BCUT2D eigenvalue weighted by atomic mass is 16.5. The third kappa shape index (κ3) is 2.21. The van der Waals surface area contributed by atoms with Gasteiger partial charge in [-0.15, -0.1) is 0 Å². The number of nitrogens with two attached hydrogens (primary N) is 1. The molecule has 0 spiro atoms. The highest BCUT2D eigenvalue weighted by molar-refractivity contribution is 5.72. The molecule has 0 heterocycles. The molecule has 1 rings (SSSR count). The number of hydrogen-bond donors (Lipinski definition) is 1. The lowest BCUT2D eigenvalue weighted by Gasteiger charge is -2.26. The van der Waals surface area contributed by atoms with E-state index in [9.17, 15) is 4.79 Å². The fourth-order valence-corrected chi connectivity index (χ4v) is 1.89. The van der Waals surface area contributed by atoms with Gasteiger partial charge in [0.15, 0.2) is 0 Å². The molecule has 2 atom stereocenters. The monoisotopic (exact) mass is 171 g/mol. The molecule has 0 aromatic carbocycles. The summed E-state index contributed by atoms with van der Waals surface area (Å²) in [6.45, 7) is 0.702. The van der Waals surface area contributed by atoms with Gasteiger partial charge in [-0.3, -0.25) is 4.79 Å². The predicted molar refractivity (Wildman–Crippen MR) is 46.5 cm³/mol. The minimum atomic E-state index is -0.0619. The molecule has 2 unspecified atom stereocenters. The first kappa shape index (κ1) is 9.52. The van der Waals surface area contributed by atoms with Crippen LogP contribution in [-0.4, -0.2) is 19.6 Å². The normalized spacial score (nSPS) is 29.8. The molecule has 0 amide bonds. The van der Waals surface area contributed by atoms with Crippen molar-refractivity contribution in [2.45, 2.75) is 25.7 Å². The summed E-state index contributed by atoms with van der Waals surface area (Å²) in [7, 11) is 1.45. The van der Waals surface area contributed by atoms with Crippen molar-refractivity contribution in [3.63, 3.8) is 0 Å². The number of hydrogen-bond acceptors (Lipinski definition) is 3. The Morgan fingerprint density at radius 3 is 2.92 bits per heavy atom. The number of ether oxygens (including phenoxy) is 1. The Balaban J connectivity index is 2.40. The van der Waals surface area contributed by atoms with Gasteiger partial charge in [0.25, 0.3) is 0 Å². The van der Waals surface area contributed by atoms with Crippen LogP contribution in [0, 0.1) is 11.8 Å². The molecule has 1 aliphatic rings. The number of carbonyl (C=O) groups excluding carboxylic acids is 1. The van der Waals surface area contributed by atoms with E-state index >= 15 is 0 Å². The Morgan fingerprint density at radius 2 is 2.33 bits per heavy atom. The summed E-state index contributed by atoms with van der Waals surface area (Å²) in [5, 5.41) is 0. The van der Waals surface area contributed by atoms with Crippen molar-refractivity contribution < 1.29 is 9.53 Å². The minimum Gasteiger partial charge on any atom is -0.469 e. The zero-order valence-electron chi connectivity index (χ0n) is 7.58. The van der Waals surface area contributed by atoms with Crippen molar-refractivity contribution in [1.82, 2.24) is 0 Å². The van der Waals surface area contributed by atoms with Gasteiger partial charge in [-0.25, -0.2) is 0 Å². The quantitative estimate of drug-likeness (QED) is 0.629. The van der Waals surface area contributed by atoms with Crippen LogP contribution in [0.15, 0.2) is 0 Å². The van der Waals surface area contributed by atoms with E-state index < -0.39 is 0 Å². The first-order valence-corrected chi connectivity index (χ1v) is 4.55. The second-order valence-electron chi connectivity index (χ2n) is 3.49. The Bertz CT molecular complexity index is 159. The number of rotatable bonds is 2. The molecule has 0 radical (unpaired) electrons. The zero-order valence-corrected chi connectivity index (χ0v) is 7.58. The summed E-state index contributed by atoms with van der Waals surface area (Å²) in [5.41, 5.74) is 5.55. The van der Waals surface area contributed by atoms with Gasteiger partial charge in [0.1, 0.15) is 0 Å². The van der Waals surface area contributed by atoms with Gasteiger partial charge in [-0.2, -0.15) is 0 Å². The van der Waals surface area contributed by atoms with Gasteiger partial charge in [-0.05, 0) is 31.7 Å². The van der Waals surface area contributed by atoms with Crippen LogP contribution in [0.1, 0.15) is 25.7 Å². The maximum atomic E-state index is 11.2. The molecule has 0 aromatic rings. The SMILES string of the molecule is COC(=O)C1CCCC(CN)C1. The van der Waals surface area contributed by atoms with Crippen LogP contribution in [-0.2, 0) is 9.53 Å². The molecular formula is C9H17NO2. The van der Waals surface area contributed by atoms with E-state index in [1.165, 1.54) is 13.5 Å². The van der Waals surface area contributed by atoms with E-state index in [-0.39, 0.29) is 11.9 Å². The molecule has 1 fully saturated rings. The standard InChI is InChI=1S/C9H17NO2/c1-12-9(11)8-4-2-3-7(5-8)6-10/h7-8H,2-6,10H2,1H3. The summed E-state index contributed by atoms with van der Waals surface area (Å²) in [5.74, 6) is 0.577. The molecule has 3 nitrogen and oxygen atoms in total. The van der Waals surface area contributed by atoms with Crippen LogP contribution in [0.2, 0.25) is 0 Å². The predicted octanol–water partition coefficient (Wildman–Crippen LogP) is 0.924. The van der Waals surface area contributed by atoms with E-state index in [0.29, 0.717) is 12.5 Å². The molecular weight excluding hydrogens is 154 g/mol. The van der Waals surface area contributed by atoms with E-state index in [1.807, 2.05) is 0 Å². The molecule has 70 valence electrons. The van der Waals surface area contributed by atoms with Gasteiger partial charge in [0, 0.05) is 0 Å². The van der Waals surface area contributed by atoms with Crippen LogP contribution in [0.25, 0.3) is 0 Å². The third-order valence-electron chi connectivity index (χ3n) is 2.65. The zero-order chi connectivity index (χ0) is 8.97. The Morgan fingerprint density at radius 1 is 1.58 bits per heavy atom. The summed E-state index contributed by atoms with van der Waals surface area (Å²) in [6, 6.07) is 0. The largest absolute Gasteiger partial charge is 0.469 e. The highest BCUT2D eigenvalue weighted by Gasteiger charge is 2.26. The van der Waals surface area contributed by atoms with Crippen LogP contribution in [0.4, 0.5) is 0 Å². The van der Waals surface area contributed by atoms with Crippen molar-refractivity contribution in [3.05, 3.63) is 0 Å². The lowest BCUT2D eigenvalue weighted by atomic mass is 9.81. The van der Waals surface area contributed by atoms with E-state index in [1.54, 1.807) is 0 Å². The molecule has 12 heavy (non-hydrogen) atoms. The van der Waals surface area contributed by atoms with Crippen LogP contribution >= 0.6 is 0 Å². The lowest BCUT2D eigenvalue weighted by molar-refractivity contribution is -0.147. The molecule has 0 aromatic heterocycles. The number of methoxy groups -OCH3 is 1. The number of carbonyl (C=O) groups is 1. The molecule has 1 saturated carbocycles. The van der Waals surface area contributed by atoms with Crippen LogP contribution < -0.4 is 5.73 Å². The third-order valence-corrected chi connectivity index (χ3v) is 2.65. The van der Waals surface area contributed by atoms with Crippen molar-refractivity contribution in [1.29, 1.82) is 0 Å². The Hall–Kier alpha value is -0.570. The molecule has 0 saturated heterocycles. The van der Waals surface area contributed by atoms with Gasteiger partial charge < -0.3 is 10.5 Å². The second kappa shape index (κ2) is 4.45. The van der Waals surface area contributed by atoms with Gasteiger partial charge in [-0.1, -0.05) is 6.42 Å². The summed E-state index contributed by atoms with van der Waals surface area (Å²) < 4.78 is 4.70. The highest BCUT2D eigenvalue weighted by Crippen LogP contribution is 2.28. The molecule has 0 bridgehead atoms. The maximum Gasteiger partial charge on any atom is 0.308 e. The molecule has 3 heteroatoms. The van der Waals surface area contributed by atoms with Crippen LogP contribution in [0.5, 0.6) is 0 Å². The Labute approximate surface area is 73.3 Å². The summed E-state index contributed by atoms with van der Waals surface area (Å²) in [6.07, 6.45) is 4.18. The molecule has 2 N–H and O–H groups in total. The lowest BCUT2D eigenvalue weighted by Crippen LogP contribution is -2.27. The van der Waals surface area contributed by atoms with E-state index in [0.717, 1.165) is 19.3 Å². The van der Waals surface area contributed by atoms with E-state index in [4.69, 9.17) is 10.5 Å². The fraction of sp³-hybridized carbons (Fsp3) is 0.889. The van der Waals surface area contributed by atoms with Gasteiger partial charge in [0.05, 0.1) is 13.0 Å². The average Bonchev–Trinajstić information content (AvgIpc) is 2.17. The van der Waals surface area contributed by atoms with Crippen molar-refractivity contribution >= 4 is 5.97 Å². The summed E-state index contributed by atoms with van der Waals surface area (Å²) >= 11 is 0. The Kier molecular flexibility index (Phi) is 3.53. The van der Waals surface area contributed by atoms with Crippen molar-refractivity contribution in [2.75, 3.05) is 13.7 Å². The number of esters is 1. The first-order chi connectivity index (χ1) is 5.77. The van der Waals surface area contributed by atoms with Crippen LogP contribution in [0.3, 0.4) is 0 Å². The van der Waals surface area contributed by atoms with E-state index in [2.05, 4.69) is 0 Å². The van der Waals surface area contributed by atoms with Crippen molar-refractivity contribution in [2.24, 2.45) is 17.6 Å². The minimum absolute atomic E-state index is 0.0619. The molecule has 0 aliphatic heterocycles. The first-order valence-electron chi connectivity index (χ1n) is 4.55. The smallest absolute Gasteiger partial charge is 0.308 e. The van der Waals surface area contributed by atoms with Crippen molar-refractivity contribution in [3.8, 4) is 0 Å². The van der Waals surface area contributed by atoms with Gasteiger partial charge in [0.2, 0.25) is 0 Å². The summed E-state index contributed by atoms with van der Waals surface area (Å²) in [4.78, 5) is 11.2. The topological polar surface area (TPSA) is 52.3 Å². The fourth-order valence-electron chi connectivity index (χ4n) is 1.89. The average molecular weight is 171 g/mol. The second-order valence-corrected chi connectivity index (χ2v) is 3.49. The molecule has 1 aliphatic carbocycles. The van der Waals surface area contributed by atoms with Gasteiger partial charge >= 0.3 is 5.97 Å². The maximum absolute atomic E-state index is 11.2.